The Morgan fingerprint density at radius 3 is 3.00 bits per heavy atom. The van der Waals surface area contributed by atoms with Gasteiger partial charge in [-0.15, -0.1) is 0 Å². The summed E-state index contributed by atoms with van der Waals surface area (Å²) >= 11 is 3.32. The lowest BCUT2D eigenvalue weighted by Crippen LogP contribution is -2.02. The second kappa shape index (κ2) is 4.44. The van der Waals surface area contributed by atoms with Crippen molar-refractivity contribution in [2.45, 2.75) is 13.5 Å². The highest BCUT2D eigenvalue weighted by molar-refractivity contribution is 9.10. The quantitative estimate of drug-likeness (QED) is 0.840. The van der Waals surface area contributed by atoms with Crippen molar-refractivity contribution >= 4 is 21.7 Å². The first-order valence-electron chi connectivity index (χ1n) is 4.61. The zero-order valence-corrected chi connectivity index (χ0v) is 9.87. The standard InChI is InChI=1S/C10H11BrN4/c1-7-8(14-6-13-7)5-12-10-4-2-3-9(11)15-10/h2-4,6H,5H2,1H3,(H,12,15)(H,13,14). The Morgan fingerprint density at radius 1 is 1.47 bits per heavy atom. The fourth-order valence-electron chi connectivity index (χ4n) is 1.25. The average Bonchev–Trinajstić information content (AvgIpc) is 2.61. The molecule has 2 aromatic heterocycles. The minimum absolute atomic E-state index is 0.679. The van der Waals surface area contributed by atoms with Crippen molar-refractivity contribution in [1.82, 2.24) is 15.0 Å². The van der Waals surface area contributed by atoms with E-state index in [-0.39, 0.29) is 0 Å². The van der Waals surface area contributed by atoms with Crippen LogP contribution in [-0.2, 0) is 6.54 Å². The van der Waals surface area contributed by atoms with Gasteiger partial charge >= 0.3 is 0 Å². The van der Waals surface area contributed by atoms with E-state index in [9.17, 15) is 0 Å². The summed E-state index contributed by atoms with van der Waals surface area (Å²) in [7, 11) is 0. The summed E-state index contributed by atoms with van der Waals surface area (Å²) in [5.74, 6) is 0.840. The molecule has 0 aliphatic heterocycles. The van der Waals surface area contributed by atoms with Crippen molar-refractivity contribution in [3.8, 4) is 0 Å². The van der Waals surface area contributed by atoms with Crippen molar-refractivity contribution in [2.75, 3.05) is 5.32 Å². The minimum Gasteiger partial charge on any atom is -0.364 e. The summed E-state index contributed by atoms with van der Waals surface area (Å²) < 4.78 is 0.825. The lowest BCUT2D eigenvalue weighted by Gasteiger charge is -2.04. The number of anilines is 1. The number of rotatable bonds is 3. The van der Waals surface area contributed by atoms with E-state index < -0.39 is 0 Å². The Kier molecular flexibility index (Phi) is 3.01. The minimum atomic E-state index is 0.679. The highest BCUT2D eigenvalue weighted by atomic mass is 79.9. The number of aromatic amines is 1. The number of imidazole rings is 1. The molecular weight excluding hydrogens is 256 g/mol. The largest absolute Gasteiger partial charge is 0.364 e. The van der Waals surface area contributed by atoms with Crippen LogP contribution in [0.1, 0.15) is 11.4 Å². The van der Waals surface area contributed by atoms with Gasteiger partial charge in [0.2, 0.25) is 0 Å². The molecule has 0 aliphatic rings. The Hall–Kier alpha value is -1.36. The van der Waals surface area contributed by atoms with Crippen molar-refractivity contribution in [3.63, 3.8) is 0 Å². The zero-order chi connectivity index (χ0) is 10.7. The van der Waals surface area contributed by atoms with Gasteiger partial charge in [-0.25, -0.2) is 9.97 Å². The van der Waals surface area contributed by atoms with Crippen LogP contribution in [-0.4, -0.2) is 15.0 Å². The van der Waals surface area contributed by atoms with Crippen LogP contribution >= 0.6 is 15.9 Å². The number of halogens is 1. The smallest absolute Gasteiger partial charge is 0.127 e. The second-order valence-electron chi connectivity index (χ2n) is 3.17. The molecule has 0 aliphatic carbocycles. The van der Waals surface area contributed by atoms with Crippen LogP contribution in [0.15, 0.2) is 29.1 Å². The molecule has 5 heteroatoms. The van der Waals surface area contributed by atoms with Crippen molar-refractivity contribution in [2.24, 2.45) is 0 Å². The molecule has 2 N–H and O–H groups in total. The van der Waals surface area contributed by atoms with E-state index in [1.807, 2.05) is 25.1 Å². The van der Waals surface area contributed by atoms with Crippen LogP contribution in [0, 0.1) is 6.92 Å². The number of nitrogens with one attached hydrogen (secondary N) is 2. The molecule has 0 unspecified atom stereocenters. The molecule has 0 saturated heterocycles. The number of pyridine rings is 1. The highest BCUT2D eigenvalue weighted by Crippen LogP contribution is 2.11. The SMILES string of the molecule is Cc1[nH]cnc1CNc1cccc(Br)n1. The predicted octanol–water partition coefficient (Wildman–Crippen LogP) is 2.49. The molecule has 0 aromatic carbocycles. The lowest BCUT2D eigenvalue weighted by atomic mass is 10.3. The van der Waals surface area contributed by atoms with E-state index in [0.29, 0.717) is 6.54 Å². The van der Waals surface area contributed by atoms with Crippen LogP contribution in [0.2, 0.25) is 0 Å². The lowest BCUT2D eigenvalue weighted by molar-refractivity contribution is 1.03. The van der Waals surface area contributed by atoms with Crippen molar-refractivity contribution < 1.29 is 0 Å². The normalized spacial score (nSPS) is 10.3. The molecule has 15 heavy (non-hydrogen) atoms. The van der Waals surface area contributed by atoms with Gasteiger partial charge in [-0.2, -0.15) is 0 Å². The van der Waals surface area contributed by atoms with Gasteiger partial charge in [-0.3, -0.25) is 0 Å². The molecule has 0 radical (unpaired) electrons. The number of aromatic nitrogens is 3. The Morgan fingerprint density at radius 2 is 2.33 bits per heavy atom. The molecule has 78 valence electrons. The van der Waals surface area contributed by atoms with Gasteiger partial charge < -0.3 is 10.3 Å². The maximum absolute atomic E-state index is 4.27. The van der Waals surface area contributed by atoms with E-state index in [4.69, 9.17) is 0 Å². The maximum Gasteiger partial charge on any atom is 0.127 e. The fraction of sp³-hybridized carbons (Fsp3) is 0.200. The summed E-state index contributed by atoms with van der Waals surface area (Å²) in [6, 6.07) is 5.76. The molecule has 0 spiro atoms. The van der Waals surface area contributed by atoms with Crippen LogP contribution < -0.4 is 5.32 Å². The zero-order valence-electron chi connectivity index (χ0n) is 8.29. The molecule has 0 fully saturated rings. The molecular formula is C10H11BrN4. The number of nitrogens with zero attached hydrogens (tertiary/aromatic N) is 2. The Bertz CT molecular complexity index is 452. The summed E-state index contributed by atoms with van der Waals surface area (Å²) in [4.78, 5) is 11.5. The molecule has 0 saturated carbocycles. The molecule has 2 rings (SSSR count). The maximum atomic E-state index is 4.27. The number of H-pyrrole nitrogens is 1. The van der Waals surface area contributed by atoms with Gasteiger partial charge in [-0.1, -0.05) is 6.07 Å². The van der Waals surface area contributed by atoms with Crippen LogP contribution in [0.5, 0.6) is 0 Å². The molecule has 0 bridgehead atoms. The number of aryl methyl sites for hydroxylation is 1. The summed E-state index contributed by atoms with van der Waals surface area (Å²) in [6.07, 6.45) is 1.70. The van der Waals surface area contributed by atoms with Crippen LogP contribution in [0.4, 0.5) is 5.82 Å². The molecule has 0 atom stereocenters. The molecule has 2 aromatic rings. The van der Waals surface area contributed by atoms with Gasteiger partial charge in [0.15, 0.2) is 0 Å². The van der Waals surface area contributed by atoms with Crippen LogP contribution in [0.25, 0.3) is 0 Å². The summed E-state index contributed by atoms with van der Waals surface area (Å²) in [5.41, 5.74) is 2.09. The average molecular weight is 267 g/mol. The first kappa shape index (κ1) is 10.2. The molecule has 2 heterocycles. The van der Waals surface area contributed by atoms with E-state index in [0.717, 1.165) is 21.8 Å². The van der Waals surface area contributed by atoms with Gasteiger partial charge in [-0.05, 0) is 35.0 Å². The first-order chi connectivity index (χ1) is 7.25. The molecule has 0 amide bonds. The van der Waals surface area contributed by atoms with Gasteiger partial charge in [0.25, 0.3) is 0 Å². The topological polar surface area (TPSA) is 53.6 Å². The van der Waals surface area contributed by atoms with Gasteiger partial charge in [0, 0.05) is 5.69 Å². The fourth-order valence-corrected chi connectivity index (χ4v) is 1.59. The highest BCUT2D eigenvalue weighted by Gasteiger charge is 2.00. The third-order valence-electron chi connectivity index (χ3n) is 2.09. The molecule has 4 nitrogen and oxygen atoms in total. The van der Waals surface area contributed by atoms with E-state index >= 15 is 0 Å². The Labute approximate surface area is 96.3 Å². The number of hydrogen-bond donors (Lipinski definition) is 2. The number of hydrogen-bond acceptors (Lipinski definition) is 3. The Balaban J connectivity index is 2.02. The first-order valence-corrected chi connectivity index (χ1v) is 5.40. The second-order valence-corrected chi connectivity index (χ2v) is 3.99. The van der Waals surface area contributed by atoms with Crippen LogP contribution in [0.3, 0.4) is 0 Å². The van der Waals surface area contributed by atoms with Gasteiger partial charge in [0.1, 0.15) is 10.4 Å². The van der Waals surface area contributed by atoms with Crippen molar-refractivity contribution in [1.29, 1.82) is 0 Å². The van der Waals surface area contributed by atoms with Gasteiger partial charge in [0.05, 0.1) is 18.6 Å². The summed E-state index contributed by atoms with van der Waals surface area (Å²) in [6.45, 7) is 2.68. The van der Waals surface area contributed by atoms with E-state index in [2.05, 4.69) is 36.2 Å². The third kappa shape index (κ3) is 2.56. The monoisotopic (exact) mass is 266 g/mol. The van der Waals surface area contributed by atoms with Crippen molar-refractivity contribution in [3.05, 3.63) is 40.5 Å². The third-order valence-corrected chi connectivity index (χ3v) is 2.53. The van der Waals surface area contributed by atoms with E-state index in [1.165, 1.54) is 0 Å². The predicted molar refractivity (Wildman–Crippen MR) is 62.6 cm³/mol. The van der Waals surface area contributed by atoms with E-state index in [1.54, 1.807) is 6.33 Å². The summed E-state index contributed by atoms with van der Waals surface area (Å²) in [5, 5.41) is 3.21.